The van der Waals surface area contributed by atoms with E-state index < -0.39 is 10.0 Å². The normalized spacial score (nSPS) is 10.9. The lowest BCUT2D eigenvalue weighted by molar-refractivity contribution is 0.594. The van der Waals surface area contributed by atoms with Gasteiger partial charge < -0.3 is 5.73 Å². The molecule has 0 aliphatic carbocycles. The number of hydrogen-bond donors (Lipinski definition) is 1. The van der Waals surface area contributed by atoms with Crippen LogP contribution in [0.3, 0.4) is 0 Å². The molecule has 0 saturated carbocycles. The zero-order chi connectivity index (χ0) is 15.6. The zero-order valence-electron chi connectivity index (χ0n) is 11.7. The SMILES string of the molecule is Cc1cc(C#N)ccc1S(=O)(=O)N(C)c1ccc(N)cc1. The minimum Gasteiger partial charge on any atom is -0.399 e. The highest BCUT2D eigenvalue weighted by Crippen LogP contribution is 2.25. The molecule has 0 spiro atoms. The van der Waals surface area contributed by atoms with E-state index in [1.807, 2.05) is 6.07 Å². The Hall–Kier alpha value is -2.52. The van der Waals surface area contributed by atoms with Crippen LogP contribution in [0, 0.1) is 18.3 Å². The number of benzene rings is 2. The molecule has 0 heterocycles. The summed E-state index contributed by atoms with van der Waals surface area (Å²) in [5.74, 6) is 0. The van der Waals surface area contributed by atoms with Crippen molar-refractivity contribution in [1.29, 1.82) is 5.26 Å². The molecule has 21 heavy (non-hydrogen) atoms. The quantitative estimate of drug-likeness (QED) is 0.881. The Balaban J connectivity index is 2.47. The van der Waals surface area contributed by atoms with E-state index in [2.05, 4.69) is 0 Å². The van der Waals surface area contributed by atoms with E-state index in [0.717, 1.165) is 0 Å². The monoisotopic (exact) mass is 301 g/mol. The number of anilines is 2. The first-order valence-corrected chi connectivity index (χ1v) is 7.65. The Bertz CT molecular complexity index is 806. The first-order chi connectivity index (χ1) is 9.86. The van der Waals surface area contributed by atoms with Crippen molar-refractivity contribution in [3.63, 3.8) is 0 Å². The second kappa shape index (κ2) is 5.46. The second-order valence-corrected chi connectivity index (χ2v) is 6.59. The van der Waals surface area contributed by atoms with Crippen LogP contribution in [-0.4, -0.2) is 15.5 Å². The average molecular weight is 301 g/mol. The van der Waals surface area contributed by atoms with Gasteiger partial charge in [0.15, 0.2) is 0 Å². The van der Waals surface area contributed by atoms with Crippen molar-refractivity contribution >= 4 is 21.4 Å². The summed E-state index contributed by atoms with van der Waals surface area (Å²) in [6.45, 7) is 1.67. The van der Waals surface area contributed by atoms with Crippen LogP contribution < -0.4 is 10.0 Å². The van der Waals surface area contributed by atoms with Crippen molar-refractivity contribution in [2.24, 2.45) is 0 Å². The van der Waals surface area contributed by atoms with Crippen LogP contribution in [0.5, 0.6) is 0 Å². The summed E-state index contributed by atoms with van der Waals surface area (Å²) in [5.41, 5.74) is 7.66. The van der Waals surface area contributed by atoms with Crippen LogP contribution in [0.25, 0.3) is 0 Å². The third-order valence-electron chi connectivity index (χ3n) is 3.20. The summed E-state index contributed by atoms with van der Waals surface area (Å²) in [6.07, 6.45) is 0. The van der Waals surface area contributed by atoms with E-state index in [1.54, 1.807) is 37.3 Å². The summed E-state index contributed by atoms with van der Waals surface area (Å²) in [7, 11) is -2.19. The molecule has 0 aliphatic heterocycles. The predicted molar refractivity (Wildman–Crippen MR) is 82.3 cm³/mol. The number of nitrogen functional groups attached to an aromatic ring is 1. The van der Waals surface area contributed by atoms with E-state index in [9.17, 15) is 8.42 Å². The molecule has 0 unspecified atom stereocenters. The van der Waals surface area contributed by atoms with Gasteiger partial charge in [0.25, 0.3) is 10.0 Å². The highest BCUT2D eigenvalue weighted by molar-refractivity contribution is 7.92. The second-order valence-electron chi connectivity index (χ2n) is 4.66. The maximum absolute atomic E-state index is 12.6. The number of rotatable bonds is 3. The molecule has 0 bridgehead atoms. The fraction of sp³-hybridized carbons (Fsp3) is 0.133. The molecule has 0 fully saturated rings. The fourth-order valence-corrected chi connectivity index (χ4v) is 3.38. The van der Waals surface area contributed by atoms with Gasteiger partial charge in [-0.25, -0.2) is 8.42 Å². The van der Waals surface area contributed by atoms with Crippen molar-refractivity contribution in [1.82, 2.24) is 0 Å². The minimum atomic E-state index is -3.68. The first-order valence-electron chi connectivity index (χ1n) is 6.21. The van der Waals surface area contributed by atoms with Crippen LogP contribution in [0.2, 0.25) is 0 Å². The molecule has 0 saturated heterocycles. The van der Waals surface area contributed by atoms with Gasteiger partial charge in [0.2, 0.25) is 0 Å². The van der Waals surface area contributed by atoms with Gasteiger partial charge in [0.05, 0.1) is 22.2 Å². The number of aryl methyl sites for hydroxylation is 1. The molecule has 5 nitrogen and oxygen atoms in total. The fourth-order valence-electron chi connectivity index (χ4n) is 1.98. The van der Waals surface area contributed by atoms with Crippen molar-refractivity contribution in [2.75, 3.05) is 17.1 Å². The molecule has 0 amide bonds. The lowest BCUT2D eigenvalue weighted by atomic mass is 10.2. The number of nitrogens with zero attached hydrogens (tertiary/aromatic N) is 2. The third-order valence-corrected chi connectivity index (χ3v) is 5.14. The van der Waals surface area contributed by atoms with E-state index in [0.29, 0.717) is 22.5 Å². The van der Waals surface area contributed by atoms with Gasteiger partial charge in [-0.15, -0.1) is 0 Å². The molecule has 2 N–H and O–H groups in total. The van der Waals surface area contributed by atoms with Crippen molar-refractivity contribution in [2.45, 2.75) is 11.8 Å². The minimum absolute atomic E-state index is 0.181. The third kappa shape index (κ3) is 2.83. The molecule has 2 aromatic rings. The topological polar surface area (TPSA) is 87.2 Å². The molecule has 0 atom stereocenters. The Morgan fingerprint density at radius 2 is 1.76 bits per heavy atom. The molecule has 0 radical (unpaired) electrons. The summed E-state index contributed by atoms with van der Waals surface area (Å²) < 4.78 is 26.5. The van der Waals surface area contributed by atoms with E-state index in [-0.39, 0.29) is 4.90 Å². The van der Waals surface area contributed by atoms with Crippen LogP contribution in [-0.2, 0) is 10.0 Å². The van der Waals surface area contributed by atoms with E-state index in [1.165, 1.54) is 23.5 Å². The van der Waals surface area contributed by atoms with Gasteiger partial charge in [-0.3, -0.25) is 4.31 Å². The summed E-state index contributed by atoms with van der Waals surface area (Å²) in [6, 6.07) is 13.1. The van der Waals surface area contributed by atoms with E-state index >= 15 is 0 Å². The Morgan fingerprint density at radius 1 is 1.14 bits per heavy atom. The van der Waals surface area contributed by atoms with Gasteiger partial charge >= 0.3 is 0 Å². The summed E-state index contributed by atoms with van der Waals surface area (Å²) >= 11 is 0. The Morgan fingerprint density at radius 3 is 2.29 bits per heavy atom. The number of nitriles is 1. The Kier molecular flexibility index (Phi) is 3.87. The summed E-state index contributed by atoms with van der Waals surface area (Å²) in [4.78, 5) is 0.181. The highest BCUT2D eigenvalue weighted by atomic mass is 32.2. The van der Waals surface area contributed by atoms with Crippen LogP contribution in [0.4, 0.5) is 11.4 Å². The molecule has 6 heteroatoms. The first kappa shape index (κ1) is 14.9. The molecular formula is C15H15N3O2S. The van der Waals surface area contributed by atoms with Crippen molar-refractivity contribution in [3.8, 4) is 6.07 Å². The van der Waals surface area contributed by atoms with Crippen LogP contribution >= 0.6 is 0 Å². The van der Waals surface area contributed by atoms with Gasteiger partial charge in [-0.2, -0.15) is 5.26 Å². The smallest absolute Gasteiger partial charge is 0.264 e. The Labute approximate surface area is 124 Å². The van der Waals surface area contributed by atoms with Gasteiger partial charge in [-0.05, 0) is 55.0 Å². The highest BCUT2D eigenvalue weighted by Gasteiger charge is 2.23. The van der Waals surface area contributed by atoms with Gasteiger partial charge in [-0.1, -0.05) is 0 Å². The largest absolute Gasteiger partial charge is 0.399 e. The number of sulfonamides is 1. The molecule has 2 aromatic carbocycles. The molecule has 2 rings (SSSR count). The molecular weight excluding hydrogens is 286 g/mol. The molecule has 0 aliphatic rings. The van der Waals surface area contributed by atoms with Crippen molar-refractivity contribution in [3.05, 3.63) is 53.6 Å². The zero-order valence-corrected chi connectivity index (χ0v) is 12.6. The van der Waals surface area contributed by atoms with Crippen molar-refractivity contribution < 1.29 is 8.42 Å². The molecule has 108 valence electrons. The average Bonchev–Trinajstić information content (AvgIpc) is 2.46. The molecule has 0 aromatic heterocycles. The van der Waals surface area contributed by atoms with E-state index in [4.69, 9.17) is 11.0 Å². The van der Waals surface area contributed by atoms with Crippen LogP contribution in [0.1, 0.15) is 11.1 Å². The lowest BCUT2D eigenvalue weighted by Gasteiger charge is -2.20. The summed E-state index contributed by atoms with van der Waals surface area (Å²) in [5, 5.41) is 8.85. The van der Waals surface area contributed by atoms with Crippen LogP contribution in [0.15, 0.2) is 47.4 Å². The predicted octanol–water partition coefficient (Wildman–Crippen LogP) is 2.27. The van der Waals surface area contributed by atoms with Gasteiger partial charge in [0.1, 0.15) is 0 Å². The lowest BCUT2D eigenvalue weighted by Crippen LogP contribution is -2.27. The van der Waals surface area contributed by atoms with Gasteiger partial charge in [0, 0.05) is 12.7 Å². The maximum atomic E-state index is 12.6. The number of nitrogens with two attached hydrogens (primary N) is 1. The number of hydrogen-bond acceptors (Lipinski definition) is 4. The maximum Gasteiger partial charge on any atom is 0.264 e. The standard InChI is InChI=1S/C15H15N3O2S/c1-11-9-12(10-16)3-8-15(11)21(19,20)18(2)14-6-4-13(17)5-7-14/h3-9H,17H2,1-2H3.